The Morgan fingerprint density at radius 3 is 2.63 bits per heavy atom. The highest BCUT2D eigenvalue weighted by atomic mass is 79.9. The summed E-state index contributed by atoms with van der Waals surface area (Å²) >= 11 is 9.42. The zero-order valence-electron chi connectivity index (χ0n) is 14.1. The van der Waals surface area contributed by atoms with Crippen molar-refractivity contribution in [2.75, 3.05) is 0 Å². The first-order valence-electron chi connectivity index (χ1n) is 8.31. The van der Waals surface area contributed by atoms with E-state index in [0.717, 1.165) is 37.4 Å². The second-order valence-corrected chi connectivity index (χ2v) is 7.13. The molecule has 3 aromatic carbocycles. The van der Waals surface area contributed by atoms with Crippen LogP contribution in [0.5, 0.6) is 0 Å². The maximum absolute atomic E-state index is 5.88. The lowest BCUT2D eigenvalue weighted by molar-refractivity contribution is 0.619. The molecule has 132 valence electrons. The molecule has 0 unspecified atom stereocenters. The summed E-state index contributed by atoms with van der Waals surface area (Å²) in [7, 11) is 0. The first-order chi connectivity index (χ1) is 13.2. The van der Waals surface area contributed by atoms with E-state index < -0.39 is 0 Å². The molecule has 4 rings (SSSR count). The molecule has 0 spiro atoms. The molecule has 0 N–H and O–H groups in total. The highest BCUT2D eigenvalue weighted by molar-refractivity contribution is 9.10. The Hall–Kier alpha value is -2.69. The third-order valence-electron chi connectivity index (χ3n) is 3.94. The summed E-state index contributed by atoms with van der Waals surface area (Å²) in [5.74, 6) is 0.584. The van der Waals surface area contributed by atoms with E-state index in [1.807, 2.05) is 78.9 Å². The van der Waals surface area contributed by atoms with Gasteiger partial charge in [0.2, 0.25) is 5.89 Å². The van der Waals surface area contributed by atoms with E-state index >= 15 is 0 Å². The minimum absolute atomic E-state index is 0.584. The van der Waals surface area contributed by atoms with Crippen molar-refractivity contribution in [2.45, 2.75) is 0 Å². The standard InChI is InChI=1S/C22H14BrClN2O/c23-19-6-2-1-5-18(19)22-26-20-14-17(11-12-21(20)27-22)25-13-3-4-15-7-9-16(24)10-8-15/h1-14H/b4-3+,25-13?. The normalized spacial score (nSPS) is 11.8. The summed E-state index contributed by atoms with van der Waals surface area (Å²) in [6.45, 7) is 0. The topological polar surface area (TPSA) is 38.4 Å². The third-order valence-corrected chi connectivity index (χ3v) is 4.89. The molecule has 0 aliphatic rings. The van der Waals surface area contributed by atoms with E-state index in [2.05, 4.69) is 25.9 Å². The Kier molecular flexibility index (Phi) is 5.19. The lowest BCUT2D eigenvalue weighted by Crippen LogP contribution is -1.78. The quantitative estimate of drug-likeness (QED) is 0.314. The molecule has 5 heteroatoms. The van der Waals surface area contributed by atoms with Gasteiger partial charge in [-0.2, -0.15) is 0 Å². The lowest BCUT2D eigenvalue weighted by Gasteiger charge is -1.97. The third kappa shape index (κ3) is 4.18. The Bertz CT molecular complexity index is 1150. The van der Waals surface area contributed by atoms with Gasteiger partial charge in [0.25, 0.3) is 0 Å². The van der Waals surface area contributed by atoms with Crippen molar-refractivity contribution in [3.8, 4) is 11.5 Å². The number of nitrogens with zero attached hydrogens (tertiary/aromatic N) is 2. The summed E-state index contributed by atoms with van der Waals surface area (Å²) in [6, 6.07) is 21.2. The van der Waals surface area contributed by atoms with Crippen LogP contribution in [0.25, 0.3) is 28.6 Å². The summed E-state index contributed by atoms with van der Waals surface area (Å²) in [5, 5.41) is 0.726. The molecule has 0 bridgehead atoms. The lowest BCUT2D eigenvalue weighted by atomic mass is 10.2. The van der Waals surface area contributed by atoms with Crippen LogP contribution in [0.4, 0.5) is 5.69 Å². The summed E-state index contributed by atoms with van der Waals surface area (Å²) < 4.78 is 6.81. The van der Waals surface area contributed by atoms with Crippen molar-refractivity contribution in [1.29, 1.82) is 0 Å². The van der Waals surface area contributed by atoms with Gasteiger partial charge in [0.05, 0.1) is 11.3 Å². The van der Waals surface area contributed by atoms with E-state index in [4.69, 9.17) is 16.0 Å². The van der Waals surface area contributed by atoms with Crippen molar-refractivity contribution in [1.82, 2.24) is 4.98 Å². The maximum Gasteiger partial charge on any atom is 0.228 e. The van der Waals surface area contributed by atoms with E-state index in [9.17, 15) is 0 Å². The van der Waals surface area contributed by atoms with Crippen LogP contribution in [0, 0.1) is 0 Å². The molecule has 0 radical (unpaired) electrons. The zero-order chi connectivity index (χ0) is 18.6. The smallest absolute Gasteiger partial charge is 0.228 e. The molecule has 0 aliphatic carbocycles. The van der Waals surface area contributed by atoms with Gasteiger partial charge in [-0.15, -0.1) is 0 Å². The maximum atomic E-state index is 5.88. The van der Waals surface area contributed by atoms with Crippen LogP contribution >= 0.6 is 27.5 Å². The van der Waals surface area contributed by atoms with E-state index in [0.29, 0.717) is 5.89 Å². The monoisotopic (exact) mass is 436 g/mol. The van der Waals surface area contributed by atoms with Crippen LogP contribution in [0.3, 0.4) is 0 Å². The molecule has 1 heterocycles. The molecular weight excluding hydrogens is 424 g/mol. The molecule has 3 nitrogen and oxygen atoms in total. The molecule has 4 aromatic rings. The minimum Gasteiger partial charge on any atom is -0.436 e. The second kappa shape index (κ2) is 7.91. The predicted octanol–water partition coefficient (Wildman–Crippen LogP) is 7.33. The fourth-order valence-corrected chi connectivity index (χ4v) is 3.18. The fourth-order valence-electron chi connectivity index (χ4n) is 2.60. The summed E-state index contributed by atoms with van der Waals surface area (Å²) in [4.78, 5) is 9.05. The van der Waals surface area contributed by atoms with Crippen LogP contribution in [0.15, 0.2) is 86.7 Å². The van der Waals surface area contributed by atoms with E-state index in [1.165, 1.54) is 0 Å². The molecule has 0 atom stereocenters. The van der Waals surface area contributed by atoms with Gasteiger partial charge in [0, 0.05) is 15.7 Å². The number of hydrogen-bond acceptors (Lipinski definition) is 3. The van der Waals surface area contributed by atoms with Crippen molar-refractivity contribution in [2.24, 2.45) is 4.99 Å². The number of hydrogen-bond donors (Lipinski definition) is 0. The van der Waals surface area contributed by atoms with Gasteiger partial charge in [-0.1, -0.05) is 41.9 Å². The van der Waals surface area contributed by atoms with Gasteiger partial charge in [-0.3, -0.25) is 4.99 Å². The molecule has 1 aromatic heterocycles. The largest absolute Gasteiger partial charge is 0.436 e. The second-order valence-electron chi connectivity index (χ2n) is 5.84. The van der Waals surface area contributed by atoms with Gasteiger partial charge in [0.15, 0.2) is 5.58 Å². The Morgan fingerprint density at radius 2 is 1.81 bits per heavy atom. The molecular formula is C22H14BrClN2O. The number of benzene rings is 3. The highest BCUT2D eigenvalue weighted by Crippen LogP contribution is 2.31. The van der Waals surface area contributed by atoms with Crippen LogP contribution < -0.4 is 0 Å². The van der Waals surface area contributed by atoms with Crippen LogP contribution in [0.2, 0.25) is 5.02 Å². The average Bonchev–Trinajstić information content (AvgIpc) is 3.10. The fraction of sp³-hybridized carbons (Fsp3) is 0. The van der Waals surface area contributed by atoms with Crippen molar-refractivity contribution in [3.05, 3.63) is 87.9 Å². The number of rotatable bonds is 4. The number of aromatic nitrogens is 1. The molecule has 0 aliphatic heterocycles. The van der Waals surface area contributed by atoms with Crippen LogP contribution in [-0.4, -0.2) is 11.2 Å². The zero-order valence-corrected chi connectivity index (χ0v) is 16.5. The van der Waals surface area contributed by atoms with Crippen molar-refractivity contribution < 1.29 is 4.42 Å². The molecule has 0 fully saturated rings. The number of aliphatic imine (C=N–C) groups is 1. The van der Waals surface area contributed by atoms with Crippen LogP contribution in [0.1, 0.15) is 5.56 Å². The Morgan fingerprint density at radius 1 is 1.00 bits per heavy atom. The van der Waals surface area contributed by atoms with Crippen LogP contribution in [-0.2, 0) is 0 Å². The van der Waals surface area contributed by atoms with E-state index in [-0.39, 0.29) is 0 Å². The number of oxazole rings is 1. The van der Waals surface area contributed by atoms with Crippen molar-refractivity contribution in [3.63, 3.8) is 0 Å². The minimum atomic E-state index is 0.584. The number of allylic oxidation sites excluding steroid dienone is 1. The molecule has 27 heavy (non-hydrogen) atoms. The first-order valence-corrected chi connectivity index (χ1v) is 9.48. The molecule has 0 amide bonds. The SMILES string of the molecule is Clc1ccc(/C=C/C=Nc2ccc3oc(-c4ccccc4Br)nc3c2)cc1. The Labute approximate surface area is 170 Å². The van der Waals surface area contributed by atoms with Gasteiger partial charge in [0.1, 0.15) is 5.52 Å². The molecule has 0 saturated heterocycles. The van der Waals surface area contributed by atoms with Gasteiger partial charge in [-0.25, -0.2) is 4.98 Å². The number of fused-ring (bicyclic) bond motifs is 1. The van der Waals surface area contributed by atoms with Crippen molar-refractivity contribution >= 4 is 56.6 Å². The predicted molar refractivity (Wildman–Crippen MR) is 116 cm³/mol. The summed E-state index contributed by atoms with van der Waals surface area (Å²) in [5.41, 5.74) is 4.31. The highest BCUT2D eigenvalue weighted by Gasteiger charge is 2.11. The van der Waals surface area contributed by atoms with Gasteiger partial charge < -0.3 is 4.42 Å². The average molecular weight is 438 g/mol. The molecule has 0 saturated carbocycles. The van der Waals surface area contributed by atoms with E-state index in [1.54, 1.807) is 6.21 Å². The number of halogens is 2. The van der Waals surface area contributed by atoms with Gasteiger partial charge >= 0.3 is 0 Å². The van der Waals surface area contributed by atoms with Gasteiger partial charge in [-0.05, 0) is 70.0 Å². The first kappa shape index (κ1) is 17.7. The summed E-state index contributed by atoms with van der Waals surface area (Å²) in [6.07, 6.45) is 5.62. The Balaban J connectivity index is 1.55.